The van der Waals surface area contributed by atoms with Gasteiger partial charge in [-0.15, -0.1) is 0 Å². The summed E-state index contributed by atoms with van der Waals surface area (Å²) in [5, 5.41) is 9.11. The summed E-state index contributed by atoms with van der Waals surface area (Å²) < 4.78 is 11.7. The number of nitrogens with two attached hydrogens (primary N) is 1. The first kappa shape index (κ1) is 12.9. The van der Waals surface area contributed by atoms with Crippen LogP contribution in [-0.2, 0) is 9.31 Å². The average Bonchev–Trinajstić information content (AvgIpc) is 2.47. The first-order valence-corrected chi connectivity index (χ1v) is 5.78. The van der Waals surface area contributed by atoms with Crippen molar-refractivity contribution in [2.24, 2.45) is 0 Å². The molecule has 1 aromatic rings. The SMILES string of the molecule is CC1(C)OB(c2ncc(N)cc2C#N)OC1(C)C. The van der Waals surface area contributed by atoms with E-state index >= 15 is 0 Å². The monoisotopic (exact) mass is 245 g/mol. The van der Waals surface area contributed by atoms with E-state index in [1.165, 1.54) is 6.20 Å². The van der Waals surface area contributed by atoms with E-state index < -0.39 is 18.3 Å². The molecule has 6 heteroatoms. The van der Waals surface area contributed by atoms with E-state index in [2.05, 4.69) is 11.1 Å². The highest BCUT2D eigenvalue weighted by Crippen LogP contribution is 2.36. The smallest absolute Gasteiger partial charge is 0.398 e. The van der Waals surface area contributed by atoms with E-state index in [1.54, 1.807) is 6.07 Å². The minimum atomic E-state index is -0.634. The molecular formula is C12H16BN3O2. The molecule has 0 amide bonds. The van der Waals surface area contributed by atoms with Crippen molar-refractivity contribution in [2.45, 2.75) is 38.9 Å². The summed E-state index contributed by atoms with van der Waals surface area (Å²) in [6.07, 6.45) is 1.50. The van der Waals surface area contributed by atoms with Crippen LogP contribution >= 0.6 is 0 Å². The van der Waals surface area contributed by atoms with Crippen LogP contribution in [-0.4, -0.2) is 23.3 Å². The predicted octanol–water partition coefficient (Wildman–Crippen LogP) is 0.835. The second kappa shape index (κ2) is 3.97. The van der Waals surface area contributed by atoms with E-state index in [0.717, 1.165) is 0 Å². The minimum Gasteiger partial charge on any atom is -0.398 e. The number of nitrogen functional groups attached to an aromatic ring is 1. The summed E-state index contributed by atoms with van der Waals surface area (Å²) in [5.74, 6) is 0. The van der Waals surface area contributed by atoms with Gasteiger partial charge in [0, 0.05) is 6.20 Å². The number of anilines is 1. The Labute approximate surface area is 107 Å². The molecular weight excluding hydrogens is 229 g/mol. The Kier molecular flexibility index (Phi) is 2.84. The topological polar surface area (TPSA) is 81.2 Å². The summed E-state index contributed by atoms with van der Waals surface area (Å²) in [4.78, 5) is 4.16. The van der Waals surface area contributed by atoms with Crippen LogP contribution in [0.5, 0.6) is 0 Å². The van der Waals surface area contributed by atoms with E-state index in [1.807, 2.05) is 27.7 Å². The maximum atomic E-state index is 9.11. The molecule has 0 bridgehead atoms. The molecule has 0 spiro atoms. The molecule has 5 nitrogen and oxygen atoms in total. The fourth-order valence-corrected chi connectivity index (χ4v) is 1.72. The number of hydrogen-bond donors (Lipinski definition) is 1. The van der Waals surface area contributed by atoms with E-state index in [0.29, 0.717) is 16.8 Å². The van der Waals surface area contributed by atoms with Gasteiger partial charge in [-0.1, -0.05) is 0 Å². The van der Waals surface area contributed by atoms with E-state index in [9.17, 15) is 0 Å². The lowest BCUT2D eigenvalue weighted by atomic mass is 9.81. The van der Waals surface area contributed by atoms with Gasteiger partial charge in [-0.25, -0.2) is 0 Å². The van der Waals surface area contributed by atoms with Crippen LogP contribution in [0.25, 0.3) is 0 Å². The number of hydrogen-bond acceptors (Lipinski definition) is 5. The van der Waals surface area contributed by atoms with Crippen molar-refractivity contribution in [3.63, 3.8) is 0 Å². The maximum absolute atomic E-state index is 9.11. The highest BCUT2D eigenvalue weighted by Gasteiger charge is 2.53. The summed E-state index contributed by atoms with van der Waals surface area (Å²) >= 11 is 0. The maximum Gasteiger partial charge on any atom is 0.515 e. The van der Waals surface area contributed by atoms with Gasteiger partial charge in [0.1, 0.15) is 6.07 Å². The van der Waals surface area contributed by atoms with Crippen molar-refractivity contribution in [1.29, 1.82) is 5.26 Å². The number of nitrogens with zero attached hydrogens (tertiary/aromatic N) is 2. The molecule has 94 valence electrons. The van der Waals surface area contributed by atoms with Crippen LogP contribution in [0.2, 0.25) is 0 Å². The summed E-state index contributed by atoms with van der Waals surface area (Å²) in [5.41, 5.74) is 6.02. The third kappa shape index (κ3) is 1.96. The van der Waals surface area contributed by atoms with Gasteiger partial charge in [0.05, 0.1) is 28.0 Å². The van der Waals surface area contributed by atoms with Crippen molar-refractivity contribution < 1.29 is 9.31 Å². The zero-order chi connectivity index (χ0) is 13.6. The van der Waals surface area contributed by atoms with Crippen LogP contribution < -0.4 is 11.3 Å². The lowest BCUT2D eigenvalue weighted by Gasteiger charge is -2.32. The Morgan fingerprint density at radius 2 is 1.83 bits per heavy atom. The molecule has 0 aliphatic carbocycles. The normalized spacial score (nSPS) is 20.7. The van der Waals surface area contributed by atoms with Crippen molar-refractivity contribution in [1.82, 2.24) is 4.98 Å². The van der Waals surface area contributed by atoms with Gasteiger partial charge in [0.25, 0.3) is 0 Å². The van der Waals surface area contributed by atoms with Crippen molar-refractivity contribution >= 4 is 18.4 Å². The molecule has 1 fully saturated rings. The van der Waals surface area contributed by atoms with Gasteiger partial charge in [0.15, 0.2) is 0 Å². The first-order valence-electron chi connectivity index (χ1n) is 5.78. The lowest BCUT2D eigenvalue weighted by Crippen LogP contribution is -2.41. The molecule has 1 saturated heterocycles. The Bertz CT molecular complexity index is 507. The Morgan fingerprint density at radius 1 is 1.28 bits per heavy atom. The fraction of sp³-hybridized carbons (Fsp3) is 0.500. The highest BCUT2D eigenvalue weighted by molar-refractivity contribution is 6.61. The number of pyridine rings is 1. The summed E-state index contributed by atoms with van der Waals surface area (Å²) in [6.45, 7) is 7.82. The molecule has 1 aliphatic heterocycles. The zero-order valence-corrected chi connectivity index (χ0v) is 11.0. The van der Waals surface area contributed by atoms with E-state index in [4.69, 9.17) is 20.3 Å². The minimum absolute atomic E-state index is 0.383. The van der Waals surface area contributed by atoms with Crippen LogP contribution in [0, 0.1) is 11.3 Å². The summed E-state index contributed by atoms with van der Waals surface area (Å²) in [6, 6.07) is 3.64. The third-order valence-corrected chi connectivity index (χ3v) is 3.54. The number of nitriles is 1. The summed E-state index contributed by atoms with van der Waals surface area (Å²) in [7, 11) is -0.634. The van der Waals surface area contributed by atoms with Crippen LogP contribution in [0.3, 0.4) is 0 Å². The van der Waals surface area contributed by atoms with Crippen LogP contribution in [0.15, 0.2) is 12.3 Å². The van der Waals surface area contributed by atoms with Crippen LogP contribution in [0.1, 0.15) is 33.3 Å². The van der Waals surface area contributed by atoms with E-state index in [-0.39, 0.29) is 0 Å². The second-order valence-electron chi connectivity index (χ2n) is 5.40. The van der Waals surface area contributed by atoms with Gasteiger partial charge in [-0.3, -0.25) is 4.98 Å². The fourth-order valence-electron chi connectivity index (χ4n) is 1.72. The molecule has 2 rings (SSSR count). The molecule has 2 heterocycles. The molecule has 0 saturated carbocycles. The first-order chi connectivity index (χ1) is 8.27. The quantitative estimate of drug-likeness (QED) is 0.741. The number of aromatic nitrogens is 1. The van der Waals surface area contributed by atoms with Gasteiger partial charge < -0.3 is 15.0 Å². The van der Waals surface area contributed by atoms with Crippen LogP contribution in [0.4, 0.5) is 5.69 Å². The lowest BCUT2D eigenvalue weighted by molar-refractivity contribution is 0.00578. The molecule has 1 aromatic heterocycles. The Morgan fingerprint density at radius 3 is 2.33 bits per heavy atom. The molecule has 18 heavy (non-hydrogen) atoms. The molecule has 0 radical (unpaired) electrons. The largest absolute Gasteiger partial charge is 0.515 e. The van der Waals surface area contributed by atoms with Crippen molar-refractivity contribution in [2.75, 3.05) is 5.73 Å². The Hall–Kier alpha value is -1.58. The second-order valence-corrected chi connectivity index (χ2v) is 5.40. The van der Waals surface area contributed by atoms with Gasteiger partial charge in [-0.05, 0) is 33.8 Å². The van der Waals surface area contributed by atoms with Gasteiger partial charge in [0.2, 0.25) is 0 Å². The number of rotatable bonds is 1. The predicted molar refractivity (Wildman–Crippen MR) is 69.1 cm³/mol. The Balaban J connectivity index is 2.39. The van der Waals surface area contributed by atoms with Crippen molar-refractivity contribution in [3.05, 3.63) is 17.8 Å². The molecule has 0 unspecified atom stereocenters. The standard InChI is InChI=1S/C12H16BN3O2/c1-11(2)12(3,4)18-13(17-11)10-8(6-14)5-9(15)7-16-10/h5,7H,15H2,1-4H3. The molecule has 0 atom stereocenters. The zero-order valence-electron chi connectivity index (χ0n) is 11.0. The average molecular weight is 245 g/mol. The highest BCUT2D eigenvalue weighted by atomic mass is 16.7. The van der Waals surface area contributed by atoms with Gasteiger partial charge in [-0.2, -0.15) is 5.26 Å². The molecule has 2 N–H and O–H groups in total. The molecule has 0 aromatic carbocycles. The van der Waals surface area contributed by atoms with Gasteiger partial charge >= 0.3 is 7.12 Å². The van der Waals surface area contributed by atoms with Crippen molar-refractivity contribution in [3.8, 4) is 6.07 Å². The third-order valence-electron chi connectivity index (χ3n) is 3.54. The molecule has 1 aliphatic rings.